The maximum atomic E-state index is 5.50. The minimum atomic E-state index is 0.558. The molecule has 0 radical (unpaired) electrons. The number of hydrogen-bond donors (Lipinski definition) is 0. The topological polar surface area (TPSA) is 42.2 Å². The quantitative estimate of drug-likeness (QED) is 0.674. The molecule has 0 atom stereocenters. The molecule has 1 aliphatic rings. The van der Waals surface area contributed by atoms with Crippen molar-refractivity contribution >= 4 is 27.6 Å². The van der Waals surface area contributed by atoms with E-state index in [2.05, 4.69) is 49.2 Å². The number of nitrogens with zero attached hydrogens (tertiary/aromatic N) is 3. The Bertz CT molecular complexity index is 815. The third kappa shape index (κ3) is 2.41. The van der Waals surface area contributed by atoms with Crippen LogP contribution in [0.3, 0.4) is 0 Å². The highest BCUT2D eigenvalue weighted by Crippen LogP contribution is 2.33. The first kappa shape index (κ1) is 13.5. The number of aromatic nitrogens is 2. The van der Waals surface area contributed by atoms with Crippen molar-refractivity contribution in [2.75, 3.05) is 11.4 Å². The molecule has 0 spiro atoms. The van der Waals surface area contributed by atoms with E-state index in [1.807, 2.05) is 30.3 Å². The van der Waals surface area contributed by atoms with Crippen molar-refractivity contribution in [1.82, 2.24) is 10.1 Å². The summed E-state index contributed by atoms with van der Waals surface area (Å²) in [4.78, 5) is 6.68. The monoisotopic (exact) mass is 355 g/mol. The van der Waals surface area contributed by atoms with Gasteiger partial charge in [-0.1, -0.05) is 51.4 Å². The second-order valence-corrected chi connectivity index (χ2v) is 6.21. The molecule has 2 heterocycles. The molecule has 1 aromatic heterocycles. The van der Waals surface area contributed by atoms with E-state index in [1.165, 1.54) is 5.56 Å². The second kappa shape index (κ2) is 5.57. The van der Waals surface area contributed by atoms with Gasteiger partial charge in [0, 0.05) is 22.3 Å². The fourth-order valence-electron chi connectivity index (χ4n) is 2.80. The molecule has 0 amide bonds. The van der Waals surface area contributed by atoms with Crippen LogP contribution >= 0.6 is 15.9 Å². The lowest BCUT2D eigenvalue weighted by molar-refractivity contribution is 0.420. The van der Waals surface area contributed by atoms with E-state index in [0.717, 1.165) is 35.1 Å². The second-order valence-electron chi connectivity index (χ2n) is 5.29. The van der Waals surface area contributed by atoms with E-state index >= 15 is 0 Å². The fourth-order valence-corrected chi connectivity index (χ4v) is 3.20. The highest BCUT2D eigenvalue weighted by atomic mass is 79.9. The molecule has 2 aromatic carbocycles. The molecule has 0 saturated carbocycles. The summed E-state index contributed by atoms with van der Waals surface area (Å²) in [6.45, 7) is 0.900. The van der Waals surface area contributed by atoms with Gasteiger partial charge in [-0.2, -0.15) is 4.98 Å². The van der Waals surface area contributed by atoms with Gasteiger partial charge >= 0.3 is 6.01 Å². The molecular weight excluding hydrogens is 342 g/mol. The van der Waals surface area contributed by atoms with Crippen molar-refractivity contribution in [2.24, 2.45) is 0 Å². The lowest BCUT2D eigenvalue weighted by atomic mass is 10.0. The van der Waals surface area contributed by atoms with Crippen LogP contribution in [0, 0.1) is 0 Å². The third-order valence-electron chi connectivity index (χ3n) is 3.84. The maximum absolute atomic E-state index is 5.50. The van der Waals surface area contributed by atoms with Crippen LogP contribution in [0.1, 0.15) is 12.0 Å². The van der Waals surface area contributed by atoms with Gasteiger partial charge in [0.05, 0.1) is 0 Å². The maximum Gasteiger partial charge on any atom is 0.328 e. The standard InChI is InChI=1S/C17H14BrN3O/c18-14-8-3-6-13(11-14)16-19-17(22-20-16)21-10-4-7-12-5-1-2-9-15(12)21/h1-3,5-6,8-9,11H,4,7,10H2. The minimum absolute atomic E-state index is 0.558. The number of halogens is 1. The summed E-state index contributed by atoms with van der Waals surface area (Å²) in [5, 5.41) is 4.13. The van der Waals surface area contributed by atoms with Gasteiger partial charge in [0.1, 0.15) is 0 Å². The molecule has 0 unspecified atom stereocenters. The molecule has 0 N–H and O–H groups in total. The van der Waals surface area contributed by atoms with Crippen LogP contribution in [0.2, 0.25) is 0 Å². The van der Waals surface area contributed by atoms with Gasteiger partial charge < -0.3 is 4.52 Å². The molecule has 0 fully saturated rings. The molecule has 0 aliphatic carbocycles. The van der Waals surface area contributed by atoms with E-state index in [1.54, 1.807) is 0 Å². The van der Waals surface area contributed by atoms with Gasteiger partial charge in [-0.3, -0.25) is 4.90 Å². The number of fused-ring (bicyclic) bond motifs is 1. The van der Waals surface area contributed by atoms with E-state index in [9.17, 15) is 0 Å². The Morgan fingerprint density at radius 2 is 2.00 bits per heavy atom. The number of rotatable bonds is 2. The smallest absolute Gasteiger partial charge is 0.314 e. The van der Waals surface area contributed by atoms with Crippen LogP contribution in [0.15, 0.2) is 57.5 Å². The molecule has 3 aromatic rings. The summed E-state index contributed by atoms with van der Waals surface area (Å²) in [5.41, 5.74) is 3.43. The summed E-state index contributed by atoms with van der Waals surface area (Å²) in [5.74, 6) is 0.611. The van der Waals surface area contributed by atoms with Gasteiger partial charge in [-0.25, -0.2) is 0 Å². The predicted octanol–water partition coefficient (Wildman–Crippen LogP) is 4.58. The lowest BCUT2D eigenvalue weighted by Gasteiger charge is -2.27. The number of benzene rings is 2. The Balaban J connectivity index is 1.71. The van der Waals surface area contributed by atoms with Crippen molar-refractivity contribution in [2.45, 2.75) is 12.8 Å². The normalized spacial score (nSPS) is 14.0. The van der Waals surface area contributed by atoms with E-state index in [0.29, 0.717) is 11.8 Å². The number of para-hydroxylation sites is 1. The third-order valence-corrected chi connectivity index (χ3v) is 4.33. The van der Waals surface area contributed by atoms with Gasteiger partial charge in [-0.15, -0.1) is 0 Å². The first-order chi connectivity index (χ1) is 10.8. The lowest BCUT2D eigenvalue weighted by Crippen LogP contribution is -2.24. The Morgan fingerprint density at radius 3 is 2.91 bits per heavy atom. The van der Waals surface area contributed by atoms with Gasteiger partial charge in [0.2, 0.25) is 5.82 Å². The molecule has 22 heavy (non-hydrogen) atoms. The summed E-state index contributed by atoms with van der Waals surface area (Å²) < 4.78 is 6.50. The fraction of sp³-hybridized carbons (Fsp3) is 0.176. The van der Waals surface area contributed by atoms with E-state index in [4.69, 9.17) is 4.52 Å². The SMILES string of the molecule is Brc1cccc(-c2noc(N3CCCc4ccccc43)n2)c1. The zero-order valence-corrected chi connectivity index (χ0v) is 13.5. The number of aryl methyl sites for hydroxylation is 1. The van der Waals surface area contributed by atoms with Crippen LogP contribution in [0.25, 0.3) is 11.4 Å². The van der Waals surface area contributed by atoms with Crippen LogP contribution in [0.4, 0.5) is 11.7 Å². The van der Waals surface area contributed by atoms with Crippen molar-refractivity contribution < 1.29 is 4.52 Å². The minimum Gasteiger partial charge on any atom is -0.314 e. The summed E-state index contributed by atoms with van der Waals surface area (Å²) in [6, 6.07) is 16.8. The Morgan fingerprint density at radius 1 is 1.09 bits per heavy atom. The molecule has 5 heteroatoms. The van der Waals surface area contributed by atoms with Crippen LogP contribution in [-0.2, 0) is 6.42 Å². The van der Waals surface area contributed by atoms with Crippen molar-refractivity contribution in [3.63, 3.8) is 0 Å². The number of anilines is 2. The largest absolute Gasteiger partial charge is 0.328 e. The van der Waals surface area contributed by atoms with E-state index in [-0.39, 0.29) is 0 Å². The van der Waals surface area contributed by atoms with Crippen LogP contribution in [-0.4, -0.2) is 16.7 Å². The summed E-state index contributed by atoms with van der Waals surface area (Å²) in [6.07, 6.45) is 2.19. The van der Waals surface area contributed by atoms with Crippen LogP contribution in [0.5, 0.6) is 0 Å². The summed E-state index contributed by atoms with van der Waals surface area (Å²) in [7, 11) is 0. The highest BCUT2D eigenvalue weighted by molar-refractivity contribution is 9.10. The molecular formula is C17H14BrN3O. The van der Waals surface area contributed by atoms with Gasteiger partial charge in [0.25, 0.3) is 0 Å². The Hall–Kier alpha value is -2.14. The average Bonchev–Trinajstić information content (AvgIpc) is 3.04. The zero-order chi connectivity index (χ0) is 14.9. The van der Waals surface area contributed by atoms with Crippen LogP contribution < -0.4 is 4.90 Å². The first-order valence-electron chi connectivity index (χ1n) is 7.26. The zero-order valence-electron chi connectivity index (χ0n) is 11.9. The highest BCUT2D eigenvalue weighted by Gasteiger charge is 2.22. The molecule has 1 aliphatic heterocycles. The van der Waals surface area contributed by atoms with E-state index < -0.39 is 0 Å². The van der Waals surface area contributed by atoms with Crippen molar-refractivity contribution in [3.8, 4) is 11.4 Å². The first-order valence-corrected chi connectivity index (χ1v) is 8.06. The van der Waals surface area contributed by atoms with Gasteiger partial charge in [0.15, 0.2) is 0 Å². The molecule has 0 bridgehead atoms. The van der Waals surface area contributed by atoms with Crippen molar-refractivity contribution in [1.29, 1.82) is 0 Å². The number of hydrogen-bond acceptors (Lipinski definition) is 4. The predicted molar refractivity (Wildman–Crippen MR) is 89.2 cm³/mol. The van der Waals surface area contributed by atoms with Gasteiger partial charge in [-0.05, 0) is 36.6 Å². The average molecular weight is 356 g/mol. The Kier molecular flexibility index (Phi) is 3.42. The molecule has 4 rings (SSSR count). The Labute approximate surface area is 136 Å². The summed E-state index contributed by atoms with van der Waals surface area (Å²) >= 11 is 3.47. The molecule has 0 saturated heterocycles. The molecule has 110 valence electrons. The molecule has 4 nitrogen and oxygen atoms in total. The van der Waals surface area contributed by atoms with Crippen molar-refractivity contribution in [3.05, 3.63) is 58.6 Å².